The first-order valence-electron chi connectivity index (χ1n) is 14.6. The predicted molar refractivity (Wildman–Crippen MR) is 163 cm³/mol. The lowest BCUT2D eigenvalue weighted by molar-refractivity contribution is -0.148. The highest BCUT2D eigenvalue weighted by Gasteiger charge is 2.31. The molecule has 0 radical (unpaired) electrons. The number of esters is 1. The fourth-order valence-corrected chi connectivity index (χ4v) is 5.12. The van der Waals surface area contributed by atoms with E-state index in [2.05, 4.69) is 28.1 Å². The maximum absolute atomic E-state index is 13.1. The summed E-state index contributed by atoms with van der Waals surface area (Å²) in [5.74, 6) is -1.70. The highest BCUT2D eigenvalue weighted by molar-refractivity contribution is 5.92. The summed E-state index contributed by atoms with van der Waals surface area (Å²) in [6.45, 7) is 7.09. The topological polar surface area (TPSA) is 123 Å². The van der Waals surface area contributed by atoms with E-state index in [-0.39, 0.29) is 25.0 Å². The Hall–Kier alpha value is -4.66. The molecule has 0 bridgehead atoms. The zero-order chi connectivity index (χ0) is 30.9. The van der Waals surface area contributed by atoms with Crippen LogP contribution in [0.2, 0.25) is 0 Å². The van der Waals surface area contributed by atoms with Crippen LogP contribution in [0.1, 0.15) is 56.7 Å². The fraction of sp³-hybridized carbons (Fsp3) is 0.353. The number of carbonyl (C=O) groups excluding carboxylic acids is 4. The van der Waals surface area contributed by atoms with Gasteiger partial charge in [-0.05, 0) is 54.0 Å². The summed E-state index contributed by atoms with van der Waals surface area (Å²) < 4.78 is 10.9. The molecular weight excluding hydrogens is 546 g/mol. The Balaban J connectivity index is 1.29. The van der Waals surface area contributed by atoms with Crippen LogP contribution >= 0.6 is 0 Å². The molecule has 9 heteroatoms. The third-order valence-electron chi connectivity index (χ3n) is 7.35. The van der Waals surface area contributed by atoms with Gasteiger partial charge in [-0.3, -0.25) is 9.59 Å². The zero-order valence-corrected chi connectivity index (χ0v) is 25.0. The number of ether oxygens (including phenoxy) is 2. The van der Waals surface area contributed by atoms with Crippen molar-refractivity contribution in [3.05, 3.63) is 95.6 Å². The van der Waals surface area contributed by atoms with Crippen molar-refractivity contribution < 1.29 is 28.7 Å². The summed E-state index contributed by atoms with van der Waals surface area (Å²) in [5, 5.41) is 7.89. The number of alkyl carbamates (subject to hydrolysis) is 1. The SMILES string of the molecule is CC(C)C[C@H](NC(=O)OCC1c2ccccc2-c2ccccc21)C(=O)N[C@@H](C)C(=O)N[C@@H](C)C(=O)OCc1ccccc1. The number of nitrogens with one attached hydrogen (secondary N) is 3. The highest BCUT2D eigenvalue weighted by atomic mass is 16.5. The third kappa shape index (κ3) is 8.22. The Labute approximate surface area is 252 Å². The monoisotopic (exact) mass is 585 g/mol. The summed E-state index contributed by atoms with van der Waals surface area (Å²) in [5.41, 5.74) is 5.25. The first-order chi connectivity index (χ1) is 20.6. The number of hydrogen-bond donors (Lipinski definition) is 3. The Morgan fingerprint density at radius 1 is 0.674 bits per heavy atom. The molecule has 1 aliphatic rings. The molecule has 0 saturated carbocycles. The van der Waals surface area contributed by atoms with Crippen LogP contribution in [0, 0.1) is 5.92 Å². The molecule has 0 unspecified atom stereocenters. The number of hydrogen-bond acceptors (Lipinski definition) is 6. The van der Waals surface area contributed by atoms with Gasteiger partial charge in [0.05, 0.1) is 0 Å². The molecule has 1 aliphatic carbocycles. The van der Waals surface area contributed by atoms with Crippen LogP contribution in [0.5, 0.6) is 0 Å². The maximum atomic E-state index is 13.1. The quantitative estimate of drug-likeness (QED) is 0.265. The molecule has 0 saturated heterocycles. The van der Waals surface area contributed by atoms with Gasteiger partial charge in [0, 0.05) is 5.92 Å². The van der Waals surface area contributed by atoms with Crippen molar-refractivity contribution in [1.29, 1.82) is 0 Å². The van der Waals surface area contributed by atoms with E-state index < -0.39 is 42.0 Å². The van der Waals surface area contributed by atoms with Gasteiger partial charge in [-0.15, -0.1) is 0 Å². The van der Waals surface area contributed by atoms with Crippen molar-refractivity contribution in [3.8, 4) is 11.1 Å². The van der Waals surface area contributed by atoms with Crippen LogP contribution in [0.4, 0.5) is 4.79 Å². The highest BCUT2D eigenvalue weighted by Crippen LogP contribution is 2.44. The molecule has 3 aromatic carbocycles. The number of carbonyl (C=O) groups is 4. The van der Waals surface area contributed by atoms with E-state index in [1.54, 1.807) is 0 Å². The minimum Gasteiger partial charge on any atom is -0.459 e. The van der Waals surface area contributed by atoms with E-state index in [0.717, 1.165) is 27.8 Å². The molecule has 0 spiro atoms. The average Bonchev–Trinajstić information content (AvgIpc) is 3.32. The van der Waals surface area contributed by atoms with Gasteiger partial charge in [0.1, 0.15) is 31.3 Å². The minimum absolute atomic E-state index is 0.0770. The Morgan fingerprint density at radius 3 is 1.84 bits per heavy atom. The summed E-state index contributed by atoms with van der Waals surface area (Å²) in [6, 6.07) is 22.5. The molecule has 0 aliphatic heterocycles. The second-order valence-electron chi connectivity index (χ2n) is 11.2. The van der Waals surface area contributed by atoms with Gasteiger partial charge in [0.2, 0.25) is 11.8 Å². The molecule has 0 fully saturated rings. The van der Waals surface area contributed by atoms with Crippen LogP contribution in [0.25, 0.3) is 11.1 Å². The number of rotatable bonds is 12. The molecule has 3 N–H and O–H groups in total. The molecule has 43 heavy (non-hydrogen) atoms. The summed E-state index contributed by atoms with van der Waals surface area (Å²) in [4.78, 5) is 51.1. The molecule has 0 heterocycles. The summed E-state index contributed by atoms with van der Waals surface area (Å²) in [6.07, 6.45) is -0.374. The number of amides is 3. The molecule has 4 rings (SSSR count). The molecule has 3 amide bonds. The number of fused-ring (bicyclic) bond motifs is 3. The van der Waals surface area contributed by atoms with Crippen molar-refractivity contribution in [2.45, 2.75) is 64.8 Å². The lowest BCUT2D eigenvalue weighted by atomic mass is 9.98. The smallest absolute Gasteiger partial charge is 0.407 e. The second kappa shape index (κ2) is 14.5. The fourth-order valence-electron chi connectivity index (χ4n) is 5.12. The van der Waals surface area contributed by atoms with Gasteiger partial charge in [-0.2, -0.15) is 0 Å². The molecule has 226 valence electrons. The van der Waals surface area contributed by atoms with Crippen molar-refractivity contribution in [2.24, 2.45) is 5.92 Å². The largest absolute Gasteiger partial charge is 0.459 e. The Morgan fingerprint density at radius 2 is 1.23 bits per heavy atom. The van der Waals surface area contributed by atoms with Gasteiger partial charge in [0.15, 0.2) is 0 Å². The van der Waals surface area contributed by atoms with E-state index in [1.807, 2.05) is 80.6 Å². The van der Waals surface area contributed by atoms with Crippen LogP contribution in [-0.4, -0.2) is 48.6 Å². The third-order valence-corrected chi connectivity index (χ3v) is 7.35. The normalized spacial score (nSPS) is 14.1. The van der Waals surface area contributed by atoms with Gasteiger partial charge in [-0.1, -0.05) is 92.7 Å². The van der Waals surface area contributed by atoms with Crippen LogP contribution < -0.4 is 16.0 Å². The van der Waals surface area contributed by atoms with E-state index in [1.165, 1.54) is 13.8 Å². The summed E-state index contributed by atoms with van der Waals surface area (Å²) >= 11 is 0. The van der Waals surface area contributed by atoms with Crippen LogP contribution in [0.15, 0.2) is 78.9 Å². The molecular formula is C34H39N3O6. The molecule has 0 aromatic heterocycles. The molecule has 3 aromatic rings. The van der Waals surface area contributed by atoms with E-state index in [9.17, 15) is 19.2 Å². The summed E-state index contributed by atoms with van der Waals surface area (Å²) in [7, 11) is 0. The Bertz CT molecular complexity index is 1400. The molecule has 9 nitrogen and oxygen atoms in total. The van der Waals surface area contributed by atoms with Crippen molar-refractivity contribution >= 4 is 23.9 Å². The average molecular weight is 586 g/mol. The standard InChI is InChI=1S/C34H39N3O6/c1-21(2)18-30(32(39)35-22(3)31(38)36-23(4)33(40)42-19-24-12-6-5-7-13-24)37-34(41)43-20-29-27-16-10-8-14-25(27)26-15-9-11-17-28(26)29/h5-17,21-23,29-30H,18-20H2,1-4H3,(H,35,39)(H,36,38)(H,37,41)/t22-,23-,30-/m0/s1. The lowest BCUT2D eigenvalue weighted by Crippen LogP contribution is -2.54. The van der Waals surface area contributed by atoms with Crippen molar-refractivity contribution in [2.75, 3.05) is 6.61 Å². The molecule has 3 atom stereocenters. The van der Waals surface area contributed by atoms with Crippen molar-refractivity contribution in [3.63, 3.8) is 0 Å². The Kier molecular flexibility index (Phi) is 10.5. The maximum Gasteiger partial charge on any atom is 0.407 e. The first kappa shape index (κ1) is 31.3. The first-order valence-corrected chi connectivity index (χ1v) is 14.6. The van der Waals surface area contributed by atoms with Crippen LogP contribution in [0.3, 0.4) is 0 Å². The second-order valence-corrected chi connectivity index (χ2v) is 11.2. The van der Waals surface area contributed by atoms with Gasteiger partial charge in [-0.25, -0.2) is 9.59 Å². The van der Waals surface area contributed by atoms with Gasteiger partial charge >= 0.3 is 12.1 Å². The van der Waals surface area contributed by atoms with E-state index in [0.29, 0.717) is 6.42 Å². The number of benzene rings is 3. The lowest BCUT2D eigenvalue weighted by Gasteiger charge is -2.23. The van der Waals surface area contributed by atoms with E-state index in [4.69, 9.17) is 9.47 Å². The predicted octanol–water partition coefficient (Wildman–Crippen LogP) is 4.69. The van der Waals surface area contributed by atoms with Gasteiger partial charge in [0.25, 0.3) is 0 Å². The van der Waals surface area contributed by atoms with E-state index >= 15 is 0 Å². The van der Waals surface area contributed by atoms with Gasteiger partial charge < -0.3 is 25.4 Å². The zero-order valence-electron chi connectivity index (χ0n) is 25.0. The minimum atomic E-state index is -0.962. The van der Waals surface area contributed by atoms with Crippen molar-refractivity contribution in [1.82, 2.24) is 16.0 Å². The van der Waals surface area contributed by atoms with Crippen LogP contribution in [-0.2, 0) is 30.5 Å².